The molecule has 0 bridgehead atoms. The number of aryl methyl sites for hydroxylation is 2. The van der Waals surface area contributed by atoms with E-state index in [1.807, 2.05) is 60.4 Å². The second-order valence-corrected chi connectivity index (χ2v) is 6.98. The van der Waals surface area contributed by atoms with Gasteiger partial charge in [-0.25, -0.2) is 4.99 Å². The molecular formula is C20H22N2O2S. The first-order valence-electron chi connectivity index (χ1n) is 8.38. The molecule has 2 aromatic carbocycles. The first-order chi connectivity index (χ1) is 12.2. The van der Waals surface area contributed by atoms with Crippen molar-refractivity contribution in [3.8, 4) is 5.75 Å². The van der Waals surface area contributed by atoms with Crippen molar-refractivity contribution < 1.29 is 9.53 Å². The molecule has 130 valence electrons. The third-order valence-corrected chi connectivity index (χ3v) is 5.15. The molecule has 25 heavy (non-hydrogen) atoms. The van der Waals surface area contributed by atoms with Crippen LogP contribution in [0.15, 0.2) is 53.5 Å². The van der Waals surface area contributed by atoms with Gasteiger partial charge in [-0.2, -0.15) is 0 Å². The molecule has 4 nitrogen and oxygen atoms in total. The SMILES string of the molecule is COc1ccc(CCC(=O)N2CCSC2=Nc2ccccc2C)cc1. The van der Waals surface area contributed by atoms with E-state index in [0.29, 0.717) is 6.42 Å². The van der Waals surface area contributed by atoms with E-state index >= 15 is 0 Å². The number of amides is 1. The van der Waals surface area contributed by atoms with Crippen LogP contribution in [0.1, 0.15) is 17.5 Å². The number of thioether (sulfide) groups is 1. The van der Waals surface area contributed by atoms with Gasteiger partial charge in [0.25, 0.3) is 0 Å². The zero-order chi connectivity index (χ0) is 17.6. The van der Waals surface area contributed by atoms with Gasteiger partial charge in [-0.1, -0.05) is 42.1 Å². The monoisotopic (exact) mass is 354 g/mol. The molecule has 0 aliphatic carbocycles. The van der Waals surface area contributed by atoms with E-state index in [9.17, 15) is 4.79 Å². The number of amidine groups is 1. The number of para-hydroxylation sites is 1. The predicted octanol–water partition coefficient (Wildman–Crippen LogP) is 4.20. The first kappa shape index (κ1) is 17.5. The molecule has 1 amide bonds. The number of nitrogens with zero attached hydrogens (tertiary/aromatic N) is 2. The van der Waals surface area contributed by atoms with Crippen LogP contribution < -0.4 is 4.74 Å². The van der Waals surface area contributed by atoms with Crippen molar-refractivity contribution in [2.45, 2.75) is 19.8 Å². The van der Waals surface area contributed by atoms with E-state index in [1.165, 1.54) is 0 Å². The fraction of sp³-hybridized carbons (Fsp3) is 0.300. The zero-order valence-corrected chi connectivity index (χ0v) is 15.4. The lowest BCUT2D eigenvalue weighted by Gasteiger charge is -2.16. The summed E-state index contributed by atoms with van der Waals surface area (Å²) >= 11 is 1.65. The van der Waals surface area contributed by atoms with Gasteiger partial charge in [0.1, 0.15) is 5.75 Å². The van der Waals surface area contributed by atoms with Gasteiger partial charge in [-0.15, -0.1) is 0 Å². The molecule has 5 heteroatoms. The molecule has 0 saturated carbocycles. The summed E-state index contributed by atoms with van der Waals surface area (Å²) in [7, 11) is 1.65. The fourth-order valence-electron chi connectivity index (χ4n) is 2.70. The highest BCUT2D eigenvalue weighted by Crippen LogP contribution is 2.25. The summed E-state index contributed by atoms with van der Waals surface area (Å²) in [6.45, 7) is 2.77. The number of aliphatic imine (C=N–C) groups is 1. The second-order valence-electron chi connectivity index (χ2n) is 5.92. The Bertz CT molecular complexity index is 772. The summed E-state index contributed by atoms with van der Waals surface area (Å²) in [6, 6.07) is 15.9. The molecular weight excluding hydrogens is 332 g/mol. The molecule has 2 aromatic rings. The minimum Gasteiger partial charge on any atom is -0.497 e. The summed E-state index contributed by atoms with van der Waals surface area (Å²) in [4.78, 5) is 19.2. The average Bonchev–Trinajstić information content (AvgIpc) is 3.10. The number of ether oxygens (including phenoxy) is 1. The summed E-state index contributed by atoms with van der Waals surface area (Å²) in [5.41, 5.74) is 3.19. The highest BCUT2D eigenvalue weighted by Gasteiger charge is 2.25. The lowest BCUT2D eigenvalue weighted by molar-refractivity contribution is -0.126. The molecule has 1 aliphatic heterocycles. The van der Waals surface area contributed by atoms with Crippen LogP contribution in [-0.2, 0) is 11.2 Å². The van der Waals surface area contributed by atoms with Crippen LogP contribution >= 0.6 is 11.8 Å². The summed E-state index contributed by atoms with van der Waals surface area (Å²) in [6.07, 6.45) is 1.21. The lowest BCUT2D eigenvalue weighted by Crippen LogP contribution is -2.31. The fourth-order valence-corrected chi connectivity index (χ4v) is 3.66. The van der Waals surface area contributed by atoms with Gasteiger partial charge in [0, 0.05) is 18.7 Å². The van der Waals surface area contributed by atoms with E-state index in [4.69, 9.17) is 9.73 Å². The van der Waals surface area contributed by atoms with Crippen molar-refractivity contribution in [2.75, 3.05) is 19.4 Å². The van der Waals surface area contributed by atoms with Crippen LogP contribution in [-0.4, -0.2) is 35.4 Å². The Kier molecular flexibility index (Phi) is 5.76. The molecule has 1 heterocycles. The third-order valence-electron chi connectivity index (χ3n) is 4.20. The maximum absolute atomic E-state index is 12.6. The predicted molar refractivity (Wildman–Crippen MR) is 104 cm³/mol. The normalized spacial score (nSPS) is 15.6. The second kappa shape index (κ2) is 8.21. The van der Waals surface area contributed by atoms with Crippen LogP contribution in [0.5, 0.6) is 5.75 Å². The number of hydrogen-bond donors (Lipinski definition) is 0. The summed E-state index contributed by atoms with van der Waals surface area (Å²) in [5.74, 6) is 1.87. The quantitative estimate of drug-likeness (QED) is 0.808. The Labute approximate surface area is 152 Å². The number of methoxy groups -OCH3 is 1. The van der Waals surface area contributed by atoms with Gasteiger partial charge in [-0.3, -0.25) is 9.69 Å². The molecule has 0 spiro atoms. The van der Waals surface area contributed by atoms with Crippen LogP contribution in [0.25, 0.3) is 0 Å². The summed E-state index contributed by atoms with van der Waals surface area (Å²) in [5, 5.41) is 0.814. The van der Waals surface area contributed by atoms with Crippen molar-refractivity contribution in [1.82, 2.24) is 4.90 Å². The highest BCUT2D eigenvalue weighted by molar-refractivity contribution is 8.14. The van der Waals surface area contributed by atoms with Crippen molar-refractivity contribution in [1.29, 1.82) is 0 Å². The van der Waals surface area contributed by atoms with Crippen LogP contribution in [0.4, 0.5) is 5.69 Å². The van der Waals surface area contributed by atoms with Gasteiger partial charge < -0.3 is 4.74 Å². The molecule has 1 fully saturated rings. The maximum Gasteiger partial charge on any atom is 0.228 e. The van der Waals surface area contributed by atoms with E-state index in [-0.39, 0.29) is 5.91 Å². The minimum atomic E-state index is 0.133. The molecule has 1 aliphatic rings. The van der Waals surface area contributed by atoms with Gasteiger partial charge in [0.2, 0.25) is 5.91 Å². The van der Waals surface area contributed by atoms with Gasteiger partial charge in [-0.05, 0) is 42.7 Å². The average molecular weight is 354 g/mol. The Morgan fingerprint density at radius 1 is 1.20 bits per heavy atom. The molecule has 1 saturated heterocycles. The van der Waals surface area contributed by atoms with Crippen molar-refractivity contribution >= 4 is 28.5 Å². The molecule has 3 rings (SSSR count). The van der Waals surface area contributed by atoms with E-state index in [0.717, 1.165) is 46.4 Å². The number of carbonyl (C=O) groups is 1. The maximum atomic E-state index is 12.6. The third kappa shape index (κ3) is 4.42. The highest BCUT2D eigenvalue weighted by atomic mass is 32.2. The van der Waals surface area contributed by atoms with Crippen molar-refractivity contribution in [3.63, 3.8) is 0 Å². The summed E-state index contributed by atoms with van der Waals surface area (Å²) < 4.78 is 5.16. The van der Waals surface area contributed by atoms with Gasteiger partial charge >= 0.3 is 0 Å². The molecule has 0 N–H and O–H groups in total. The first-order valence-corrected chi connectivity index (χ1v) is 9.36. The zero-order valence-electron chi connectivity index (χ0n) is 14.6. The Hall–Kier alpha value is -2.27. The van der Waals surface area contributed by atoms with E-state index in [2.05, 4.69) is 0 Å². The van der Waals surface area contributed by atoms with Crippen LogP contribution in [0, 0.1) is 6.92 Å². The topological polar surface area (TPSA) is 41.9 Å². The number of hydrogen-bond acceptors (Lipinski definition) is 4. The van der Waals surface area contributed by atoms with E-state index in [1.54, 1.807) is 18.9 Å². The van der Waals surface area contributed by atoms with Gasteiger partial charge in [0.15, 0.2) is 5.17 Å². The number of carbonyl (C=O) groups excluding carboxylic acids is 1. The Morgan fingerprint density at radius 3 is 2.68 bits per heavy atom. The van der Waals surface area contributed by atoms with Crippen LogP contribution in [0.3, 0.4) is 0 Å². The molecule has 0 unspecified atom stereocenters. The largest absolute Gasteiger partial charge is 0.497 e. The van der Waals surface area contributed by atoms with E-state index < -0.39 is 0 Å². The van der Waals surface area contributed by atoms with Gasteiger partial charge in [0.05, 0.1) is 12.8 Å². The van der Waals surface area contributed by atoms with Crippen molar-refractivity contribution in [2.24, 2.45) is 4.99 Å². The lowest BCUT2D eigenvalue weighted by atomic mass is 10.1. The molecule has 0 aromatic heterocycles. The van der Waals surface area contributed by atoms with Crippen LogP contribution in [0.2, 0.25) is 0 Å². The molecule has 0 atom stereocenters. The molecule has 0 radical (unpaired) electrons. The number of benzene rings is 2. The minimum absolute atomic E-state index is 0.133. The Balaban J connectivity index is 1.65. The van der Waals surface area contributed by atoms with Crippen molar-refractivity contribution in [3.05, 3.63) is 59.7 Å². The standard InChI is InChI=1S/C20H22N2O2S/c1-15-5-3-4-6-18(15)21-20-22(13-14-25-20)19(23)12-9-16-7-10-17(24-2)11-8-16/h3-8,10-11H,9,12-14H2,1-2H3. The number of rotatable bonds is 5. The Morgan fingerprint density at radius 2 is 1.96 bits per heavy atom. The smallest absolute Gasteiger partial charge is 0.228 e.